The average Bonchev–Trinajstić information content (AvgIpc) is 2.94. The van der Waals surface area contributed by atoms with Gasteiger partial charge in [-0.2, -0.15) is 0 Å². The molecule has 1 atom stereocenters. The third kappa shape index (κ3) is 2.35. The number of hydrogen-bond donors (Lipinski definition) is 3. The van der Waals surface area contributed by atoms with Crippen LogP contribution < -0.4 is 5.32 Å². The van der Waals surface area contributed by atoms with Crippen molar-refractivity contribution >= 4 is 11.9 Å². The quantitative estimate of drug-likeness (QED) is 0.595. The highest BCUT2D eigenvalue weighted by Gasteiger charge is 2.57. The van der Waals surface area contributed by atoms with E-state index >= 15 is 0 Å². The summed E-state index contributed by atoms with van der Waals surface area (Å²) >= 11 is 0. The molecular formula is C11H19NO4. The summed E-state index contributed by atoms with van der Waals surface area (Å²) in [6.45, 7) is 5.39. The van der Waals surface area contributed by atoms with Gasteiger partial charge in [0.15, 0.2) is 0 Å². The fourth-order valence-electron chi connectivity index (χ4n) is 1.30. The average molecular weight is 229 g/mol. The zero-order chi connectivity index (χ0) is 12.6. The predicted octanol–water partition coefficient (Wildman–Crippen LogP) is 0.374. The zero-order valence-corrected chi connectivity index (χ0v) is 9.91. The molecule has 0 aromatic heterocycles. The molecule has 1 rings (SSSR count). The Balaban J connectivity index is 2.51. The molecule has 0 spiro atoms. The van der Waals surface area contributed by atoms with E-state index in [9.17, 15) is 14.7 Å². The van der Waals surface area contributed by atoms with Crippen LogP contribution >= 0.6 is 0 Å². The lowest BCUT2D eigenvalue weighted by Gasteiger charge is -2.28. The summed E-state index contributed by atoms with van der Waals surface area (Å²) in [5.74, 6) is -1.57. The van der Waals surface area contributed by atoms with Gasteiger partial charge in [0.1, 0.15) is 5.41 Å². The number of amides is 1. The van der Waals surface area contributed by atoms with E-state index in [4.69, 9.17) is 5.11 Å². The van der Waals surface area contributed by atoms with E-state index < -0.39 is 22.9 Å². The smallest absolute Gasteiger partial charge is 0.319 e. The summed E-state index contributed by atoms with van der Waals surface area (Å²) in [7, 11) is 0. The molecule has 0 radical (unpaired) electrons. The van der Waals surface area contributed by atoms with Gasteiger partial charge in [-0.1, -0.05) is 13.8 Å². The second kappa shape index (κ2) is 4.05. The van der Waals surface area contributed by atoms with Crippen LogP contribution in [0.1, 0.15) is 33.6 Å². The van der Waals surface area contributed by atoms with Crippen LogP contribution in [0.4, 0.5) is 0 Å². The van der Waals surface area contributed by atoms with Crippen molar-refractivity contribution < 1.29 is 19.8 Å². The molecule has 16 heavy (non-hydrogen) atoms. The van der Waals surface area contributed by atoms with Gasteiger partial charge in [0, 0.05) is 6.54 Å². The monoisotopic (exact) mass is 229 g/mol. The first-order valence-corrected chi connectivity index (χ1v) is 5.46. The first kappa shape index (κ1) is 13.0. The Morgan fingerprint density at radius 3 is 2.25 bits per heavy atom. The molecule has 1 fully saturated rings. The number of aliphatic hydroxyl groups is 1. The van der Waals surface area contributed by atoms with Crippen LogP contribution in [0.5, 0.6) is 0 Å². The molecule has 0 bridgehead atoms. The molecule has 1 saturated carbocycles. The van der Waals surface area contributed by atoms with E-state index in [1.165, 1.54) is 0 Å². The number of carboxylic acid groups (broad SMARTS) is 1. The SMILES string of the molecule is CC(C)C(C)(O)CNC(=O)C1(C(=O)O)CC1. The Kier molecular flexibility index (Phi) is 3.28. The van der Waals surface area contributed by atoms with Gasteiger partial charge in [-0.05, 0) is 25.7 Å². The molecule has 1 aliphatic rings. The van der Waals surface area contributed by atoms with E-state index in [0.717, 1.165) is 0 Å². The van der Waals surface area contributed by atoms with Crippen LogP contribution in [-0.4, -0.2) is 34.2 Å². The van der Waals surface area contributed by atoms with Crippen molar-refractivity contribution in [3.63, 3.8) is 0 Å². The van der Waals surface area contributed by atoms with E-state index in [1.54, 1.807) is 6.92 Å². The third-order valence-corrected chi connectivity index (χ3v) is 3.44. The van der Waals surface area contributed by atoms with Gasteiger partial charge in [-0.3, -0.25) is 9.59 Å². The van der Waals surface area contributed by atoms with Crippen molar-refractivity contribution in [1.29, 1.82) is 0 Å². The normalized spacial score (nSPS) is 21.3. The highest BCUT2D eigenvalue weighted by molar-refractivity contribution is 6.04. The molecule has 1 unspecified atom stereocenters. The number of rotatable bonds is 5. The summed E-state index contributed by atoms with van der Waals surface area (Å²) in [5.41, 5.74) is -2.24. The molecule has 0 aromatic rings. The molecular weight excluding hydrogens is 210 g/mol. The van der Waals surface area contributed by atoms with Crippen molar-refractivity contribution in [2.45, 2.75) is 39.2 Å². The maximum absolute atomic E-state index is 11.6. The molecule has 5 nitrogen and oxygen atoms in total. The van der Waals surface area contributed by atoms with Crippen molar-refractivity contribution in [3.05, 3.63) is 0 Å². The molecule has 0 aliphatic heterocycles. The van der Waals surface area contributed by atoms with E-state index in [-0.39, 0.29) is 12.5 Å². The number of hydrogen-bond acceptors (Lipinski definition) is 3. The lowest BCUT2D eigenvalue weighted by molar-refractivity contribution is -0.149. The topological polar surface area (TPSA) is 86.6 Å². The van der Waals surface area contributed by atoms with Crippen LogP contribution in [0.25, 0.3) is 0 Å². The van der Waals surface area contributed by atoms with Crippen LogP contribution in [-0.2, 0) is 9.59 Å². The summed E-state index contributed by atoms with van der Waals surface area (Å²) in [6, 6.07) is 0. The number of carbonyl (C=O) groups excluding carboxylic acids is 1. The number of carboxylic acids is 1. The van der Waals surface area contributed by atoms with E-state index in [0.29, 0.717) is 12.8 Å². The van der Waals surface area contributed by atoms with Crippen LogP contribution in [0, 0.1) is 11.3 Å². The first-order valence-electron chi connectivity index (χ1n) is 5.46. The molecule has 0 heterocycles. The summed E-state index contributed by atoms with van der Waals surface area (Å²) in [5, 5.41) is 21.3. The van der Waals surface area contributed by atoms with E-state index in [1.807, 2.05) is 13.8 Å². The number of carbonyl (C=O) groups is 2. The lowest BCUT2D eigenvalue weighted by Crippen LogP contribution is -2.47. The highest BCUT2D eigenvalue weighted by Crippen LogP contribution is 2.46. The third-order valence-electron chi connectivity index (χ3n) is 3.44. The Morgan fingerprint density at radius 2 is 1.94 bits per heavy atom. The lowest BCUT2D eigenvalue weighted by atomic mass is 9.92. The van der Waals surface area contributed by atoms with Crippen molar-refractivity contribution in [2.75, 3.05) is 6.54 Å². The first-order chi connectivity index (χ1) is 7.22. The largest absolute Gasteiger partial charge is 0.480 e. The minimum Gasteiger partial charge on any atom is -0.480 e. The maximum Gasteiger partial charge on any atom is 0.319 e. The van der Waals surface area contributed by atoms with Gasteiger partial charge in [0.2, 0.25) is 5.91 Å². The van der Waals surface area contributed by atoms with Crippen molar-refractivity contribution in [3.8, 4) is 0 Å². The Labute approximate surface area is 94.8 Å². The Bertz CT molecular complexity index is 305. The number of aliphatic carboxylic acids is 1. The Morgan fingerprint density at radius 1 is 1.44 bits per heavy atom. The highest BCUT2D eigenvalue weighted by atomic mass is 16.4. The molecule has 1 amide bonds. The summed E-state index contributed by atoms with van der Waals surface area (Å²) in [4.78, 5) is 22.5. The summed E-state index contributed by atoms with van der Waals surface area (Å²) in [6.07, 6.45) is 0.774. The van der Waals surface area contributed by atoms with Gasteiger partial charge in [0.05, 0.1) is 5.60 Å². The Hall–Kier alpha value is -1.10. The van der Waals surface area contributed by atoms with Crippen molar-refractivity contribution in [2.24, 2.45) is 11.3 Å². The predicted molar refractivity (Wildman–Crippen MR) is 57.8 cm³/mol. The van der Waals surface area contributed by atoms with Crippen LogP contribution in [0.15, 0.2) is 0 Å². The van der Waals surface area contributed by atoms with Gasteiger partial charge < -0.3 is 15.5 Å². The molecule has 92 valence electrons. The standard InChI is InChI=1S/C11H19NO4/c1-7(2)10(3,16)6-12-8(13)11(4-5-11)9(14)15/h7,16H,4-6H2,1-3H3,(H,12,13)(H,14,15). The maximum atomic E-state index is 11.6. The number of nitrogens with one attached hydrogen (secondary N) is 1. The zero-order valence-electron chi connectivity index (χ0n) is 9.91. The molecule has 0 aromatic carbocycles. The second-order valence-corrected chi connectivity index (χ2v) is 5.08. The van der Waals surface area contributed by atoms with Crippen LogP contribution in [0.2, 0.25) is 0 Å². The minimum atomic E-state index is -1.23. The van der Waals surface area contributed by atoms with Gasteiger partial charge in [-0.15, -0.1) is 0 Å². The minimum absolute atomic E-state index is 0.00668. The second-order valence-electron chi connectivity index (χ2n) is 5.08. The fraction of sp³-hybridized carbons (Fsp3) is 0.818. The van der Waals surface area contributed by atoms with Gasteiger partial charge in [-0.25, -0.2) is 0 Å². The van der Waals surface area contributed by atoms with E-state index in [2.05, 4.69) is 5.32 Å². The molecule has 3 N–H and O–H groups in total. The molecule has 0 saturated heterocycles. The van der Waals surface area contributed by atoms with Crippen LogP contribution in [0.3, 0.4) is 0 Å². The fourth-order valence-corrected chi connectivity index (χ4v) is 1.30. The van der Waals surface area contributed by atoms with Crippen molar-refractivity contribution in [1.82, 2.24) is 5.32 Å². The molecule has 1 aliphatic carbocycles. The van der Waals surface area contributed by atoms with Gasteiger partial charge >= 0.3 is 5.97 Å². The summed E-state index contributed by atoms with van der Waals surface area (Å²) < 4.78 is 0. The van der Waals surface area contributed by atoms with Gasteiger partial charge in [0.25, 0.3) is 0 Å². The molecule has 5 heteroatoms.